The summed E-state index contributed by atoms with van der Waals surface area (Å²) in [6.45, 7) is 5.28. The number of anilines is 1. The first-order valence-corrected chi connectivity index (χ1v) is 9.50. The van der Waals surface area contributed by atoms with Crippen molar-refractivity contribution in [3.05, 3.63) is 72.8 Å². The second-order valence-corrected chi connectivity index (χ2v) is 6.91. The number of rotatable bonds is 8. The van der Waals surface area contributed by atoms with Crippen LogP contribution >= 0.6 is 0 Å². The van der Waals surface area contributed by atoms with Gasteiger partial charge in [-0.25, -0.2) is 0 Å². The molecule has 2 amide bonds. The zero-order valence-electron chi connectivity index (χ0n) is 16.2. The zero-order valence-corrected chi connectivity index (χ0v) is 16.2. The van der Waals surface area contributed by atoms with Crippen molar-refractivity contribution in [3.8, 4) is 5.75 Å². The number of ether oxygens (including phenoxy) is 1. The predicted octanol–water partition coefficient (Wildman–Crippen LogP) is 3.31. The monoisotopic (exact) mass is 378 g/mol. The SMILES string of the molecule is C=CCN(CCc1ccccc1)C(=O)C1CC(=O)N(c2ccc(OC)cc2)C1. The summed E-state index contributed by atoms with van der Waals surface area (Å²) in [7, 11) is 1.61. The van der Waals surface area contributed by atoms with Gasteiger partial charge in [-0.2, -0.15) is 0 Å². The zero-order chi connectivity index (χ0) is 19.9. The quantitative estimate of drug-likeness (QED) is 0.662. The van der Waals surface area contributed by atoms with Crippen molar-refractivity contribution < 1.29 is 14.3 Å². The normalized spacial score (nSPS) is 16.1. The average Bonchev–Trinajstić information content (AvgIpc) is 3.13. The summed E-state index contributed by atoms with van der Waals surface area (Å²) in [5.41, 5.74) is 1.98. The molecular formula is C23H26N2O3. The van der Waals surface area contributed by atoms with E-state index in [1.807, 2.05) is 42.5 Å². The Morgan fingerprint density at radius 1 is 1.21 bits per heavy atom. The van der Waals surface area contributed by atoms with Gasteiger partial charge in [-0.15, -0.1) is 6.58 Å². The highest BCUT2D eigenvalue weighted by Crippen LogP contribution is 2.28. The van der Waals surface area contributed by atoms with Gasteiger partial charge < -0.3 is 14.5 Å². The minimum Gasteiger partial charge on any atom is -0.497 e. The van der Waals surface area contributed by atoms with Gasteiger partial charge in [0.05, 0.1) is 13.0 Å². The van der Waals surface area contributed by atoms with E-state index in [0.29, 0.717) is 19.6 Å². The van der Waals surface area contributed by atoms with Crippen LogP contribution in [-0.4, -0.2) is 43.5 Å². The van der Waals surface area contributed by atoms with Crippen LogP contribution in [0.3, 0.4) is 0 Å². The predicted molar refractivity (Wildman–Crippen MR) is 110 cm³/mol. The number of amides is 2. The van der Waals surface area contributed by atoms with Crippen molar-refractivity contribution in [2.75, 3.05) is 31.6 Å². The van der Waals surface area contributed by atoms with Gasteiger partial charge in [-0.05, 0) is 36.2 Å². The van der Waals surface area contributed by atoms with E-state index in [0.717, 1.165) is 17.9 Å². The lowest BCUT2D eigenvalue weighted by atomic mass is 10.1. The molecule has 0 aliphatic carbocycles. The Kier molecular flexibility index (Phi) is 6.48. The highest BCUT2D eigenvalue weighted by atomic mass is 16.5. The molecule has 0 spiro atoms. The molecule has 2 aromatic rings. The summed E-state index contributed by atoms with van der Waals surface area (Å²) in [5, 5.41) is 0. The third-order valence-electron chi connectivity index (χ3n) is 5.03. The van der Waals surface area contributed by atoms with E-state index in [9.17, 15) is 9.59 Å². The summed E-state index contributed by atoms with van der Waals surface area (Å²) < 4.78 is 5.17. The molecule has 5 heteroatoms. The summed E-state index contributed by atoms with van der Waals surface area (Å²) in [5.74, 6) is 0.400. The van der Waals surface area contributed by atoms with E-state index in [2.05, 4.69) is 18.7 Å². The molecule has 146 valence electrons. The number of carbonyl (C=O) groups excluding carboxylic acids is 2. The minimum atomic E-state index is -0.328. The summed E-state index contributed by atoms with van der Waals surface area (Å²) in [6.07, 6.45) is 2.76. The second-order valence-electron chi connectivity index (χ2n) is 6.91. The molecule has 0 aromatic heterocycles. The fourth-order valence-electron chi connectivity index (χ4n) is 3.50. The highest BCUT2D eigenvalue weighted by Gasteiger charge is 2.36. The maximum atomic E-state index is 13.1. The van der Waals surface area contributed by atoms with Crippen LogP contribution in [0.25, 0.3) is 0 Å². The lowest BCUT2D eigenvalue weighted by Gasteiger charge is -2.24. The summed E-state index contributed by atoms with van der Waals surface area (Å²) >= 11 is 0. The van der Waals surface area contributed by atoms with Crippen LogP contribution in [0.4, 0.5) is 5.69 Å². The molecule has 28 heavy (non-hydrogen) atoms. The maximum absolute atomic E-state index is 13.1. The Morgan fingerprint density at radius 2 is 1.93 bits per heavy atom. The number of hydrogen-bond acceptors (Lipinski definition) is 3. The number of nitrogens with zero attached hydrogens (tertiary/aromatic N) is 2. The molecule has 0 bridgehead atoms. The molecule has 1 aliphatic rings. The average molecular weight is 378 g/mol. The van der Waals surface area contributed by atoms with E-state index < -0.39 is 0 Å². The third-order valence-corrected chi connectivity index (χ3v) is 5.03. The van der Waals surface area contributed by atoms with Gasteiger partial charge in [0, 0.05) is 31.7 Å². The Bertz CT molecular complexity index is 818. The highest BCUT2D eigenvalue weighted by molar-refractivity contribution is 6.00. The largest absolute Gasteiger partial charge is 0.497 e. The number of benzene rings is 2. The maximum Gasteiger partial charge on any atom is 0.228 e. The van der Waals surface area contributed by atoms with Crippen LogP contribution in [0.1, 0.15) is 12.0 Å². The molecule has 0 N–H and O–H groups in total. The molecule has 3 rings (SSSR count). The van der Waals surface area contributed by atoms with Crippen molar-refractivity contribution in [3.63, 3.8) is 0 Å². The molecule has 1 atom stereocenters. The lowest BCUT2D eigenvalue weighted by molar-refractivity contribution is -0.135. The van der Waals surface area contributed by atoms with Crippen molar-refractivity contribution in [2.45, 2.75) is 12.8 Å². The van der Waals surface area contributed by atoms with E-state index in [1.165, 1.54) is 5.56 Å². The van der Waals surface area contributed by atoms with Crippen molar-refractivity contribution >= 4 is 17.5 Å². The molecule has 1 saturated heterocycles. The first-order valence-electron chi connectivity index (χ1n) is 9.50. The first-order chi connectivity index (χ1) is 13.6. The van der Waals surface area contributed by atoms with Gasteiger partial charge in [-0.1, -0.05) is 36.4 Å². The van der Waals surface area contributed by atoms with Gasteiger partial charge in [0.1, 0.15) is 5.75 Å². The topological polar surface area (TPSA) is 49.9 Å². The van der Waals surface area contributed by atoms with Gasteiger partial charge in [0.15, 0.2) is 0 Å². The minimum absolute atomic E-state index is 0.0141. The van der Waals surface area contributed by atoms with Crippen LogP contribution in [0.5, 0.6) is 5.75 Å². The van der Waals surface area contributed by atoms with E-state index in [-0.39, 0.29) is 24.2 Å². The fraction of sp³-hybridized carbons (Fsp3) is 0.304. The van der Waals surface area contributed by atoms with Gasteiger partial charge >= 0.3 is 0 Å². The summed E-state index contributed by atoms with van der Waals surface area (Å²) in [4.78, 5) is 29.1. The molecule has 5 nitrogen and oxygen atoms in total. The van der Waals surface area contributed by atoms with Crippen molar-refractivity contribution in [2.24, 2.45) is 5.92 Å². The molecule has 2 aromatic carbocycles. The first kappa shape index (κ1) is 19.7. The Balaban J connectivity index is 1.65. The smallest absolute Gasteiger partial charge is 0.228 e. The van der Waals surface area contributed by atoms with Crippen LogP contribution in [0.2, 0.25) is 0 Å². The molecule has 1 unspecified atom stereocenters. The lowest BCUT2D eigenvalue weighted by Crippen LogP contribution is -2.38. The van der Waals surface area contributed by atoms with Crippen LogP contribution in [-0.2, 0) is 16.0 Å². The number of hydrogen-bond donors (Lipinski definition) is 0. The van der Waals surface area contributed by atoms with Crippen LogP contribution in [0.15, 0.2) is 67.3 Å². The molecule has 0 radical (unpaired) electrons. The molecular weight excluding hydrogens is 352 g/mol. The van der Waals surface area contributed by atoms with E-state index in [4.69, 9.17) is 4.74 Å². The molecule has 0 saturated carbocycles. The third kappa shape index (κ3) is 4.60. The van der Waals surface area contributed by atoms with E-state index >= 15 is 0 Å². The Labute approximate surface area is 166 Å². The van der Waals surface area contributed by atoms with Gasteiger partial charge in [0.25, 0.3) is 0 Å². The van der Waals surface area contributed by atoms with Gasteiger partial charge in [-0.3, -0.25) is 9.59 Å². The number of carbonyl (C=O) groups is 2. The summed E-state index contributed by atoms with van der Waals surface area (Å²) in [6, 6.07) is 17.4. The van der Waals surface area contributed by atoms with Crippen molar-refractivity contribution in [1.82, 2.24) is 4.90 Å². The van der Waals surface area contributed by atoms with Gasteiger partial charge in [0.2, 0.25) is 11.8 Å². The standard InChI is InChI=1S/C23H26N2O3/c1-3-14-24(15-13-18-7-5-4-6-8-18)23(27)19-16-22(26)25(17-19)20-9-11-21(28-2)12-10-20/h3-12,19H,1,13-17H2,2H3. The molecule has 1 heterocycles. The van der Waals surface area contributed by atoms with Crippen molar-refractivity contribution in [1.29, 1.82) is 0 Å². The van der Waals surface area contributed by atoms with E-state index in [1.54, 1.807) is 23.0 Å². The Morgan fingerprint density at radius 3 is 2.57 bits per heavy atom. The van der Waals surface area contributed by atoms with Crippen LogP contribution < -0.4 is 9.64 Å². The fourth-order valence-corrected chi connectivity index (χ4v) is 3.50. The molecule has 1 aliphatic heterocycles. The number of methoxy groups -OCH3 is 1. The second kappa shape index (κ2) is 9.22. The molecule has 1 fully saturated rings. The van der Waals surface area contributed by atoms with Crippen LogP contribution in [0, 0.1) is 5.92 Å². The Hall–Kier alpha value is -3.08.